The van der Waals surface area contributed by atoms with E-state index in [0.29, 0.717) is 0 Å². The van der Waals surface area contributed by atoms with E-state index in [2.05, 4.69) is 6.58 Å². The Hall–Kier alpha value is -0.330. The molecular formula is C7H13F. The minimum Gasteiger partial charge on any atom is -0.212 e. The van der Waals surface area contributed by atoms with Gasteiger partial charge in [-0.15, -0.1) is 0 Å². The molecule has 0 aromatic rings. The van der Waals surface area contributed by atoms with Gasteiger partial charge in [-0.25, -0.2) is 4.39 Å². The molecule has 0 saturated heterocycles. The summed E-state index contributed by atoms with van der Waals surface area (Å²) in [6.07, 6.45) is 1.94. The molecule has 0 aliphatic heterocycles. The second-order valence-electron chi connectivity index (χ2n) is 2.14. The van der Waals surface area contributed by atoms with Gasteiger partial charge in [-0.1, -0.05) is 26.8 Å². The van der Waals surface area contributed by atoms with Crippen LogP contribution in [0.4, 0.5) is 4.39 Å². The molecule has 0 N–H and O–H groups in total. The van der Waals surface area contributed by atoms with Gasteiger partial charge in [0.2, 0.25) is 0 Å². The SMILES string of the molecule is C=C(F)C(C)CCC. The molecule has 48 valence electrons. The first-order valence-electron chi connectivity index (χ1n) is 3.02. The lowest BCUT2D eigenvalue weighted by atomic mass is 10.1. The summed E-state index contributed by atoms with van der Waals surface area (Å²) in [5.74, 6) is -0.133. The Bertz CT molecular complexity index is 76.5. The minimum atomic E-state index is -0.188. The molecule has 1 atom stereocenters. The number of allylic oxidation sites excluding steroid dienone is 1. The maximum Gasteiger partial charge on any atom is 0.0956 e. The van der Waals surface area contributed by atoms with E-state index < -0.39 is 0 Å². The molecule has 0 nitrogen and oxygen atoms in total. The lowest BCUT2D eigenvalue weighted by Crippen LogP contribution is -1.91. The van der Waals surface area contributed by atoms with Gasteiger partial charge >= 0.3 is 0 Å². The highest BCUT2D eigenvalue weighted by Gasteiger charge is 2.01. The van der Waals surface area contributed by atoms with Crippen molar-refractivity contribution in [3.8, 4) is 0 Å². The number of hydrogen-bond acceptors (Lipinski definition) is 0. The van der Waals surface area contributed by atoms with E-state index >= 15 is 0 Å². The minimum absolute atomic E-state index is 0.0556. The van der Waals surface area contributed by atoms with E-state index in [1.54, 1.807) is 0 Å². The summed E-state index contributed by atoms with van der Waals surface area (Å²) < 4.78 is 12.1. The van der Waals surface area contributed by atoms with Gasteiger partial charge in [0.1, 0.15) is 0 Å². The first-order chi connectivity index (χ1) is 3.68. The summed E-state index contributed by atoms with van der Waals surface area (Å²) in [4.78, 5) is 0. The smallest absolute Gasteiger partial charge is 0.0956 e. The van der Waals surface area contributed by atoms with Gasteiger partial charge in [0, 0.05) is 5.92 Å². The second-order valence-corrected chi connectivity index (χ2v) is 2.14. The Labute approximate surface area is 50.4 Å². The van der Waals surface area contributed by atoms with Crippen molar-refractivity contribution in [1.82, 2.24) is 0 Å². The molecule has 1 heteroatoms. The van der Waals surface area contributed by atoms with Crippen molar-refractivity contribution in [2.75, 3.05) is 0 Å². The lowest BCUT2D eigenvalue weighted by Gasteiger charge is -2.03. The van der Waals surface area contributed by atoms with E-state index in [0.717, 1.165) is 12.8 Å². The zero-order valence-electron chi connectivity index (χ0n) is 5.58. The van der Waals surface area contributed by atoms with Gasteiger partial charge in [-0.3, -0.25) is 0 Å². The molecule has 0 aliphatic rings. The van der Waals surface area contributed by atoms with E-state index in [9.17, 15) is 4.39 Å². The lowest BCUT2D eigenvalue weighted by molar-refractivity contribution is 0.467. The molecule has 0 rings (SSSR count). The van der Waals surface area contributed by atoms with E-state index in [4.69, 9.17) is 0 Å². The average Bonchev–Trinajstić information content (AvgIpc) is 1.67. The molecule has 1 unspecified atom stereocenters. The molecule has 0 radical (unpaired) electrons. The van der Waals surface area contributed by atoms with Gasteiger partial charge in [0.05, 0.1) is 5.83 Å². The van der Waals surface area contributed by atoms with Gasteiger partial charge in [-0.2, -0.15) is 0 Å². The van der Waals surface area contributed by atoms with Crippen LogP contribution in [0.3, 0.4) is 0 Å². The van der Waals surface area contributed by atoms with Crippen molar-refractivity contribution >= 4 is 0 Å². The highest BCUT2D eigenvalue weighted by molar-refractivity contribution is 4.85. The molecule has 8 heavy (non-hydrogen) atoms. The third kappa shape index (κ3) is 2.78. The monoisotopic (exact) mass is 116 g/mol. The third-order valence-corrected chi connectivity index (χ3v) is 1.26. The molecule has 0 spiro atoms. The highest BCUT2D eigenvalue weighted by Crippen LogP contribution is 2.14. The van der Waals surface area contributed by atoms with Gasteiger partial charge in [0.25, 0.3) is 0 Å². The van der Waals surface area contributed by atoms with E-state index in [1.165, 1.54) is 0 Å². The van der Waals surface area contributed by atoms with Crippen LogP contribution in [0.2, 0.25) is 0 Å². The summed E-state index contributed by atoms with van der Waals surface area (Å²) in [5.41, 5.74) is 0. The first-order valence-corrected chi connectivity index (χ1v) is 3.02. The van der Waals surface area contributed by atoms with Crippen molar-refractivity contribution in [1.29, 1.82) is 0 Å². The second kappa shape index (κ2) is 3.65. The topological polar surface area (TPSA) is 0 Å². The highest BCUT2D eigenvalue weighted by atomic mass is 19.1. The molecule has 0 fully saturated rings. The first kappa shape index (κ1) is 7.67. The largest absolute Gasteiger partial charge is 0.212 e. The molecular weight excluding hydrogens is 103 g/mol. The predicted molar refractivity (Wildman–Crippen MR) is 34.3 cm³/mol. The molecule has 0 aromatic heterocycles. The number of hydrogen-bond donors (Lipinski definition) is 0. The summed E-state index contributed by atoms with van der Waals surface area (Å²) in [6.45, 7) is 7.10. The maximum atomic E-state index is 12.1. The van der Waals surface area contributed by atoms with E-state index in [1.807, 2.05) is 13.8 Å². The molecule has 0 bridgehead atoms. The van der Waals surface area contributed by atoms with Crippen LogP contribution >= 0.6 is 0 Å². The molecule has 0 amide bonds. The van der Waals surface area contributed by atoms with Crippen LogP contribution in [0.15, 0.2) is 12.4 Å². The van der Waals surface area contributed by atoms with E-state index in [-0.39, 0.29) is 11.7 Å². The molecule has 0 saturated carbocycles. The Kier molecular flexibility index (Phi) is 3.49. The van der Waals surface area contributed by atoms with Crippen molar-refractivity contribution in [2.24, 2.45) is 5.92 Å². The van der Waals surface area contributed by atoms with Crippen molar-refractivity contribution in [3.05, 3.63) is 12.4 Å². The Morgan fingerprint density at radius 2 is 2.25 bits per heavy atom. The fourth-order valence-corrected chi connectivity index (χ4v) is 0.590. The normalized spacial score (nSPS) is 13.4. The zero-order chi connectivity index (χ0) is 6.57. The summed E-state index contributed by atoms with van der Waals surface area (Å²) in [5, 5.41) is 0. The van der Waals surface area contributed by atoms with Crippen LogP contribution in [0.1, 0.15) is 26.7 Å². The summed E-state index contributed by atoms with van der Waals surface area (Å²) >= 11 is 0. The van der Waals surface area contributed by atoms with Crippen LogP contribution in [0.25, 0.3) is 0 Å². The standard InChI is InChI=1S/C7H13F/c1-4-5-6(2)7(3)8/h6H,3-5H2,1-2H3. The molecule has 0 heterocycles. The van der Waals surface area contributed by atoms with Crippen molar-refractivity contribution < 1.29 is 4.39 Å². The van der Waals surface area contributed by atoms with Crippen molar-refractivity contribution in [3.63, 3.8) is 0 Å². The Balaban J connectivity index is 3.32. The quantitative estimate of drug-likeness (QED) is 0.531. The third-order valence-electron chi connectivity index (χ3n) is 1.26. The van der Waals surface area contributed by atoms with Gasteiger partial charge in [0.15, 0.2) is 0 Å². The van der Waals surface area contributed by atoms with Crippen LogP contribution in [-0.2, 0) is 0 Å². The number of rotatable bonds is 3. The van der Waals surface area contributed by atoms with Crippen LogP contribution in [0, 0.1) is 5.92 Å². The fourth-order valence-electron chi connectivity index (χ4n) is 0.590. The van der Waals surface area contributed by atoms with Crippen LogP contribution in [-0.4, -0.2) is 0 Å². The molecule has 0 aromatic carbocycles. The fraction of sp³-hybridized carbons (Fsp3) is 0.714. The van der Waals surface area contributed by atoms with Crippen LogP contribution < -0.4 is 0 Å². The number of halogens is 1. The Morgan fingerprint density at radius 3 is 2.38 bits per heavy atom. The Morgan fingerprint density at radius 1 is 1.75 bits per heavy atom. The van der Waals surface area contributed by atoms with Gasteiger partial charge in [-0.05, 0) is 6.42 Å². The summed E-state index contributed by atoms with van der Waals surface area (Å²) in [7, 11) is 0. The zero-order valence-corrected chi connectivity index (χ0v) is 5.58. The maximum absolute atomic E-state index is 12.1. The summed E-state index contributed by atoms with van der Waals surface area (Å²) in [6, 6.07) is 0. The van der Waals surface area contributed by atoms with Crippen LogP contribution in [0.5, 0.6) is 0 Å². The molecule has 0 aliphatic carbocycles. The average molecular weight is 116 g/mol. The van der Waals surface area contributed by atoms with Gasteiger partial charge < -0.3 is 0 Å². The predicted octanol–water partition coefficient (Wildman–Crippen LogP) is 2.91. The van der Waals surface area contributed by atoms with Crippen molar-refractivity contribution in [2.45, 2.75) is 26.7 Å².